The lowest BCUT2D eigenvalue weighted by Crippen LogP contribution is -2.42. The van der Waals surface area contributed by atoms with Crippen molar-refractivity contribution in [3.05, 3.63) is 59.2 Å². The molecule has 0 unspecified atom stereocenters. The summed E-state index contributed by atoms with van der Waals surface area (Å²) in [4.78, 5) is 20.9. The number of hydrogen-bond acceptors (Lipinski definition) is 7. The molecule has 41 heavy (non-hydrogen) atoms. The van der Waals surface area contributed by atoms with Gasteiger partial charge in [-0.15, -0.1) is 10.2 Å². The molecule has 2 aliphatic heterocycles. The maximum absolute atomic E-state index is 15.2. The van der Waals surface area contributed by atoms with E-state index in [0.717, 1.165) is 75.7 Å². The van der Waals surface area contributed by atoms with Crippen LogP contribution in [0.25, 0.3) is 11.5 Å². The van der Waals surface area contributed by atoms with Crippen molar-refractivity contribution in [2.45, 2.75) is 50.6 Å². The highest BCUT2D eigenvalue weighted by atomic mass is 19.3. The van der Waals surface area contributed by atoms with Crippen LogP contribution in [0.4, 0.5) is 24.5 Å². The minimum absolute atomic E-state index is 0.00352. The SMILES string of the molecule is CN1CCC(c2ccc(N(C=O)Cc3ccc(-c4nnc(C(F)F)o4)cc3F)c(N(C)C3CCN(C)CC3)c2)CC1. The van der Waals surface area contributed by atoms with Crippen molar-refractivity contribution in [2.24, 2.45) is 0 Å². The second-order valence-corrected chi connectivity index (χ2v) is 11.3. The van der Waals surface area contributed by atoms with Gasteiger partial charge in [0.15, 0.2) is 0 Å². The third-order valence-corrected chi connectivity index (χ3v) is 8.51. The smallest absolute Gasteiger partial charge is 0.314 e. The largest absolute Gasteiger partial charge is 0.415 e. The number of hydrogen-bond donors (Lipinski definition) is 0. The van der Waals surface area contributed by atoms with Gasteiger partial charge in [0, 0.05) is 24.2 Å². The van der Waals surface area contributed by atoms with Crippen molar-refractivity contribution in [2.75, 3.05) is 57.1 Å². The van der Waals surface area contributed by atoms with E-state index in [1.807, 2.05) is 6.07 Å². The molecule has 2 aliphatic rings. The van der Waals surface area contributed by atoms with Crippen LogP contribution < -0.4 is 9.80 Å². The Bertz CT molecular complexity index is 1340. The van der Waals surface area contributed by atoms with Crippen LogP contribution >= 0.6 is 0 Å². The predicted octanol–water partition coefficient (Wildman–Crippen LogP) is 5.32. The van der Waals surface area contributed by atoms with Crippen LogP contribution in [0, 0.1) is 5.82 Å². The molecule has 2 fully saturated rings. The van der Waals surface area contributed by atoms with Gasteiger partial charge < -0.3 is 24.0 Å². The van der Waals surface area contributed by atoms with Gasteiger partial charge in [0.25, 0.3) is 5.89 Å². The summed E-state index contributed by atoms with van der Waals surface area (Å²) in [6, 6.07) is 10.8. The van der Waals surface area contributed by atoms with E-state index in [-0.39, 0.29) is 23.6 Å². The van der Waals surface area contributed by atoms with E-state index in [9.17, 15) is 13.6 Å². The van der Waals surface area contributed by atoms with Crippen molar-refractivity contribution in [3.63, 3.8) is 0 Å². The van der Waals surface area contributed by atoms with Crippen LogP contribution in [0.5, 0.6) is 0 Å². The Balaban J connectivity index is 1.43. The lowest BCUT2D eigenvalue weighted by atomic mass is 9.88. The van der Waals surface area contributed by atoms with Crippen molar-refractivity contribution in [1.29, 1.82) is 0 Å². The summed E-state index contributed by atoms with van der Waals surface area (Å²) < 4.78 is 45.9. The highest BCUT2D eigenvalue weighted by Crippen LogP contribution is 2.38. The highest BCUT2D eigenvalue weighted by Gasteiger charge is 2.27. The maximum atomic E-state index is 15.2. The summed E-state index contributed by atoms with van der Waals surface area (Å²) in [5.74, 6) is -1.15. The van der Waals surface area contributed by atoms with Gasteiger partial charge in [-0.25, -0.2) is 4.39 Å². The van der Waals surface area contributed by atoms with Gasteiger partial charge in [-0.3, -0.25) is 4.79 Å². The molecule has 8 nitrogen and oxygen atoms in total. The average molecular weight is 571 g/mol. The molecule has 0 radical (unpaired) electrons. The summed E-state index contributed by atoms with van der Waals surface area (Å²) in [5.41, 5.74) is 3.42. The summed E-state index contributed by atoms with van der Waals surface area (Å²) in [6.45, 7) is 4.12. The zero-order valence-electron chi connectivity index (χ0n) is 23.8. The Labute approximate surface area is 238 Å². The number of piperidine rings is 2. The zero-order chi connectivity index (χ0) is 29.1. The second-order valence-electron chi connectivity index (χ2n) is 11.3. The first-order chi connectivity index (χ1) is 19.7. The van der Waals surface area contributed by atoms with Crippen LogP contribution in [0.1, 0.15) is 55.0 Å². The topological polar surface area (TPSA) is 68.9 Å². The molecular weight excluding hydrogens is 533 g/mol. The first-order valence-electron chi connectivity index (χ1n) is 14.1. The number of halogens is 3. The number of aromatic nitrogens is 2. The summed E-state index contributed by atoms with van der Waals surface area (Å²) in [7, 11) is 6.37. The normalized spacial score (nSPS) is 17.7. The molecule has 5 rings (SSSR count). The zero-order valence-corrected chi connectivity index (χ0v) is 23.8. The standard InChI is InChI=1S/C30H37F3N6O2/c1-36-12-8-20(9-13-36)21-6-7-26(27(17-21)38(3)24-10-14-37(2)15-11-24)39(19-40)18-23-5-4-22(16-25(23)31)29-34-35-30(41-29)28(32)33/h4-7,16-17,19-20,24,28H,8-15,18H2,1-3H3. The number of anilines is 2. The first kappa shape index (κ1) is 29.1. The number of benzene rings is 2. The minimum Gasteiger partial charge on any atom is -0.415 e. The number of nitrogens with zero attached hydrogens (tertiary/aromatic N) is 6. The molecule has 0 aliphatic carbocycles. The molecule has 3 heterocycles. The van der Waals surface area contributed by atoms with Crippen molar-refractivity contribution in [3.8, 4) is 11.5 Å². The van der Waals surface area contributed by atoms with Crippen molar-refractivity contribution >= 4 is 17.8 Å². The minimum atomic E-state index is -2.91. The van der Waals surface area contributed by atoms with Gasteiger partial charge in [0.05, 0.1) is 17.9 Å². The number of alkyl halides is 2. The van der Waals surface area contributed by atoms with Crippen LogP contribution in [-0.4, -0.2) is 79.8 Å². The molecule has 2 aromatic carbocycles. The Hall–Kier alpha value is -3.44. The van der Waals surface area contributed by atoms with E-state index in [4.69, 9.17) is 4.42 Å². The Morgan fingerprint density at radius 1 is 0.976 bits per heavy atom. The maximum Gasteiger partial charge on any atom is 0.314 e. The van der Waals surface area contributed by atoms with E-state index < -0.39 is 18.1 Å². The van der Waals surface area contributed by atoms with Crippen molar-refractivity contribution in [1.82, 2.24) is 20.0 Å². The Morgan fingerprint density at radius 3 is 2.27 bits per heavy atom. The van der Waals surface area contributed by atoms with E-state index in [0.29, 0.717) is 12.0 Å². The Kier molecular flexibility index (Phi) is 8.94. The van der Waals surface area contributed by atoms with Gasteiger partial charge in [0.2, 0.25) is 12.3 Å². The lowest BCUT2D eigenvalue weighted by Gasteiger charge is -2.38. The third-order valence-electron chi connectivity index (χ3n) is 8.51. The fourth-order valence-corrected chi connectivity index (χ4v) is 5.85. The molecule has 3 aromatic rings. The molecule has 0 saturated carbocycles. The molecule has 11 heteroatoms. The molecule has 1 aromatic heterocycles. The summed E-state index contributed by atoms with van der Waals surface area (Å²) in [5, 5.41) is 6.90. The third kappa shape index (κ3) is 6.56. The van der Waals surface area contributed by atoms with E-state index in [1.54, 1.807) is 0 Å². The molecule has 0 bridgehead atoms. The average Bonchev–Trinajstić information content (AvgIpc) is 3.48. The van der Waals surface area contributed by atoms with Gasteiger partial charge in [-0.1, -0.05) is 12.1 Å². The molecule has 0 atom stereocenters. The number of carbonyl (C=O) groups is 1. The molecule has 2 saturated heterocycles. The molecular formula is C30H37F3N6O2. The van der Waals surface area contributed by atoms with Crippen LogP contribution in [0.2, 0.25) is 0 Å². The fourth-order valence-electron chi connectivity index (χ4n) is 5.85. The van der Waals surface area contributed by atoms with Gasteiger partial charge in [0.1, 0.15) is 5.82 Å². The van der Waals surface area contributed by atoms with Crippen LogP contribution in [0.3, 0.4) is 0 Å². The highest BCUT2D eigenvalue weighted by molar-refractivity contribution is 5.84. The van der Waals surface area contributed by atoms with Crippen molar-refractivity contribution < 1.29 is 22.4 Å². The quantitative estimate of drug-likeness (QED) is 0.323. The van der Waals surface area contributed by atoms with Gasteiger partial charge in [-0.05, 0) is 102 Å². The van der Waals surface area contributed by atoms with E-state index in [2.05, 4.69) is 58.2 Å². The molecule has 220 valence electrons. The van der Waals surface area contributed by atoms with Gasteiger partial charge in [-0.2, -0.15) is 8.78 Å². The van der Waals surface area contributed by atoms with E-state index in [1.165, 1.54) is 22.6 Å². The predicted molar refractivity (Wildman–Crippen MR) is 152 cm³/mol. The first-order valence-corrected chi connectivity index (χ1v) is 14.1. The number of amides is 1. The Morgan fingerprint density at radius 2 is 1.66 bits per heavy atom. The fraction of sp³-hybridized carbons (Fsp3) is 0.500. The molecule has 0 N–H and O–H groups in total. The molecule has 1 amide bonds. The number of carbonyl (C=O) groups excluding carboxylic acids is 1. The number of likely N-dealkylation sites (tertiary alicyclic amines) is 2. The van der Waals surface area contributed by atoms with Crippen LogP contribution in [-0.2, 0) is 11.3 Å². The number of rotatable bonds is 9. The summed E-state index contributed by atoms with van der Waals surface area (Å²) >= 11 is 0. The van der Waals surface area contributed by atoms with E-state index >= 15 is 4.39 Å². The monoisotopic (exact) mass is 570 g/mol. The summed E-state index contributed by atoms with van der Waals surface area (Å²) in [6.07, 6.45) is 2.03. The second kappa shape index (κ2) is 12.6. The van der Waals surface area contributed by atoms with Gasteiger partial charge >= 0.3 is 6.43 Å². The van der Waals surface area contributed by atoms with Crippen LogP contribution in [0.15, 0.2) is 40.8 Å². The lowest BCUT2D eigenvalue weighted by molar-refractivity contribution is -0.107. The molecule has 0 spiro atoms.